The fourth-order valence-corrected chi connectivity index (χ4v) is 9.49. The Bertz CT molecular complexity index is 1850. The van der Waals surface area contributed by atoms with E-state index < -0.39 is 16.6 Å². The first-order chi connectivity index (χ1) is 23.9. The molecule has 256 valence electrons. The number of phosphoric ester groups is 1. The minimum Gasteiger partial charge on any atom is -0.404 e. The molecule has 0 amide bonds. The molecule has 5 aromatic rings. The second kappa shape index (κ2) is 17.2. The van der Waals surface area contributed by atoms with Crippen molar-refractivity contribution in [3.63, 3.8) is 0 Å². The predicted molar refractivity (Wildman–Crippen MR) is 204 cm³/mol. The zero-order valence-electron chi connectivity index (χ0n) is 28.9. The molecule has 0 bridgehead atoms. The van der Waals surface area contributed by atoms with Crippen LogP contribution in [0.2, 0.25) is 0 Å². The van der Waals surface area contributed by atoms with Crippen molar-refractivity contribution in [2.75, 3.05) is 33.0 Å². The minimum absolute atomic E-state index is 0.225. The summed E-state index contributed by atoms with van der Waals surface area (Å²) in [7, 11) is -6.63. The van der Waals surface area contributed by atoms with E-state index in [1.165, 1.54) is 0 Å². The summed E-state index contributed by atoms with van der Waals surface area (Å²) in [6, 6.07) is 32.7. The van der Waals surface area contributed by atoms with E-state index in [4.69, 9.17) is 26.8 Å². The predicted octanol–water partition coefficient (Wildman–Crippen LogP) is 10.1. The first kappa shape index (κ1) is 36.4. The van der Waals surface area contributed by atoms with Crippen LogP contribution in [0, 0.1) is 0 Å². The molecule has 49 heavy (non-hydrogen) atoms. The summed E-state index contributed by atoms with van der Waals surface area (Å²) in [5.41, 5.74) is 4.33. The highest BCUT2D eigenvalue weighted by atomic mass is 31.2. The summed E-state index contributed by atoms with van der Waals surface area (Å²) in [6.45, 7) is 11.4. The third-order valence-corrected chi connectivity index (χ3v) is 12.5. The van der Waals surface area contributed by atoms with Gasteiger partial charge in [-0.1, -0.05) is 109 Å². The van der Waals surface area contributed by atoms with Gasteiger partial charge in [-0.3, -0.25) is 9.05 Å². The molecule has 0 saturated heterocycles. The summed E-state index contributed by atoms with van der Waals surface area (Å²) < 4.78 is 47.2. The first-order valence-corrected chi connectivity index (χ1v) is 20.1. The minimum atomic E-state index is -3.66. The number of fused-ring (bicyclic) bond motifs is 2. The molecule has 0 radical (unpaired) electrons. The van der Waals surface area contributed by atoms with E-state index in [0.29, 0.717) is 25.6 Å². The molecule has 0 spiro atoms. The lowest BCUT2D eigenvalue weighted by Gasteiger charge is -2.28. The van der Waals surface area contributed by atoms with Crippen molar-refractivity contribution >= 4 is 67.7 Å². The average molecular weight is 697 g/mol. The second-order valence-electron chi connectivity index (χ2n) is 11.0. The zero-order valence-corrected chi connectivity index (χ0v) is 30.8. The molecule has 0 N–H and O–H groups in total. The van der Waals surface area contributed by atoms with Crippen LogP contribution in [-0.2, 0) is 26.9 Å². The van der Waals surface area contributed by atoms with E-state index >= 15 is 0 Å². The Balaban J connectivity index is 1.47. The van der Waals surface area contributed by atoms with Crippen molar-refractivity contribution < 1.29 is 31.4 Å². The van der Waals surface area contributed by atoms with Gasteiger partial charge in [-0.25, -0.2) is 4.57 Å². The molecule has 0 aliphatic carbocycles. The molecular weight excluding hydrogens is 651 g/mol. The van der Waals surface area contributed by atoms with Crippen molar-refractivity contribution in [2.24, 2.45) is 0 Å². The summed E-state index contributed by atoms with van der Waals surface area (Å²) in [5, 5.41) is 5.59. The smallest absolute Gasteiger partial charge is 0.404 e. The Morgan fingerprint density at radius 2 is 0.898 bits per heavy atom. The quantitative estimate of drug-likeness (QED) is 0.0415. The largest absolute Gasteiger partial charge is 0.537 e. The van der Waals surface area contributed by atoms with E-state index in [-0.39, 0.29) is 13.2 Å². The Labute approximate surface area is 291 Å². The molecule has 0 aliphatic heterocycles. The van der Waals surface area contributed by atoms with Crippen LogP contribution in [0.1, 0.15) is 56.9 Å². The lowest BCUT2D eigenvalue weighted by atomic mass is 9.91. The summed E-state index contributed by atoms with van der Waals surface area (Å²) in [4.78, 5) is 0. The summed E-state index contributed by atoms with van der Waals surface area (Å²) in [5.74, 6) is 0.420. The van der Waals surface area contributed by atoms with Crippen molar-refractivity contribution in [1.82, 2.24) is 0 Å². The highest BCUT2D eigenvalue weighted by molar-refractivity contribution is 7.48. The van der Waals surface area contributed by atoms with Crippen LogP contribution in [0.25, 0.3) is 45.8 Å². The van der Waals surface area contributed by atoms with E-state index in [1.54, 1.807) is 26.0 Å². The maximum absolute atomic E-state index is 12.8. The molecule has 5 rings (SSSR count). The van der Waals surface area contributed by atoms with Crippen molar-refractivity contribution in [2.45, 2.75) is 34.6 Å². The second-order valence-corrected chi connectivity index (χ2v) is 15.2. The zero-order chi connectivity index (χ0) is 34.7. The van der Waals surface area contributed by atoms with Gasteiger partial charge >= 0.3 is 16.6 Å². The van der Waals surface area contributed by atoms with Crippen molar-refractivity contribution in [3.05, 3.63) is 119 Å². The molecule has 9 heteroatoms. The van der Waals surface area contributed by atoms with Crippen LogP contribution in [0.5, 0.6) is 5.75 Å². The third kappa shape index (κ3) is 8.66. The Kier molecular flexibility index (Phi) is 12.8. The maximum atomic E-state index is 12.8. The van der Waals surface area contributed by atoms with Gasteiger partial charge in [0, 0.05) is 25.0 Å². The van der Waals surface area contributed by atoms with Crippen LogP contribution >= 0.6 is 7.82 Å². The monoisotopic (exact) mass is 696 g/mol. The number of rotatable bonds is 17. The van der Waals surface area contributed by atoms with E-state index in [0.717, 1.165) is 49.0 Å². The average Bonchev–Trinajstić information content (AvgIpc) is 3.11. The molecule has 0 heterocycles. The SMILES string of the molecule is CCO[Si](OCC)(OCC)c1ccc(/C=C/c2c3ccccc3c(/C=C/c3ccc(OP(=O)(OCC)OCC)cc3)c3ccccc23)cc1. The molecule has 5 aromatic carbocycles. The molecular formula is C40H45O7PSi. The van der Waals surface area contributed by atoms with Crippen LogP contribution < -0.4 is 9.71 Å². The third-order valence-electron chi connectivity index (χ3n) is 7.84. The lowest BCUT2D eigenvalue weighted by Crippen LogP contribution is -2.56. The Morgan fingerprint density at radius 3 is 1.27 bits per heavy atom. The molecule has 0 atom stereocenters. The molecule has 0 unspecified atom stereocenters. The highest BCUT2D eigenvalue weighted by Gasteiger charge is 2.43. The molecule has 0 fully saturated rings. The molecule has 0 aromatic heterocycles. The van der Waals surface area contributed by atoms with Crippen LogP contribution in [0.4, 0.5) is 0 Å². The van der Waals surface area contributed by atoms with E-state index in [1.807, 2.05) is 32.9 Å². The highest BCUT2D eigenvalue weighted by Crippen LogP contribution is 2.49. The van der Waals surface area contributed by atoms with Crippen LogP contribution in [-0.4, -0.2) is 41.8 Å². The van der Waals surface area contributed by atoms with Gasteiger partial charge in [0.15, 0.2) is 0 Å². The number of hydrogen-bond acceptors (Lipinski definition) is 7. The number of hydrogen-bond donors (Lipinski definition) is 0. The van der Waals surface area contributed by atoms with Gasteiger partial charge in [-0.05, 0) is 90.6 Å². The number of benzene rings is 5. The summed E-state index contributed by atoms with van der Waals surface area (Å²) in [6.07, 6.45) is 8.59. The standard InChI is InChI=1S/C40H45O7PSi/c1-6-42-48(41,43-7-2)47-33-25-19-31(20-26-33)23-29-39-35-15-11-13-17-37(35)40(38-18-14-12-16-36(38)39)30-24-32-21-27-34(28-22-32)49(44-8-3,45-9-4)46-10-5/h11-30H,6-10H2,1-5H3/b29-23+,30-24+. The molecule has 7 nitrogen and oxygen atoms in total. The van der Waals surface area contributed by atoms with E-state index in [2.05, 4.69) is 97.1 Å². The number of phosphoric acid groups is 1. The molecule has 0 saturated carbocycles. The fraction of sp³-hybridized carbons (Fsp3) is 0.250. The molecule has 0 aliphatic rings. The normalized spacial score (nSPS) is 12.5. The lowest BCUT2D eigenvalue weighted by molar-refractivity contribution is 0.0859. The van der Waals surface area contributed by atoms with Gasteiger partial charge in [0.2, 0.25) is 0 Å². The Hall–Kier alpha value is -3.85. The van der Waals surface area contributed by atoms with Crippen molar-refractivity contribution in [3.8, 4) is 5.75 Å². The maximum Gasteiger partial charge on any atom is 0.537 e. The topological polar surface area (TPSA) is 72.5 Å². The van der Waals surface area contributed by atoms with Crippen LogP contribution in [0.3, 0.4) is 0 Å². The van der Waals surface area contributed by atoms with Gasteiger partial charge in [0.25, 0.3) is 0 Å². The Morgan fingerprint density at radius 1 is 0.510 bits per heavy atom. The van der Waals surface area contributed by atoms with Gasteiger partial charge < -0.3 is 17.8 Å². The van der Waals surface area contributed by atoms with Crippen LogP contribution in [0.15, 0.2) is 97.1 Å². The first-order valence-electron chi connectivity index (χ1n) is 16.9. The van der Waals surface area contributed by atoms with Gasteiger partial charge in [-0.15, -0.1) is 0 Å². The van der Waals surface area contributed by atoms with Gasteiger partial charge in [0.05, 0.1) is 13.2 Å². The van der Waals surface area contributed by atoms with Gasteiger partial charge in [-0.2, -0.15) is 0 Å². The summed E-state index contributed by atoms with van der Waals surface area (Å²) >= 11 is 0. The van der Waals surface area contributed by atoms with Crippen molar-refractivity contribution in [1.29, 1.82) is 0 Å². The van der Waals surface area contributed by atoms with E-state index in [9.17, 15) is 4.57 Å². The fourth-order valence-electron chi connectivity index (χ4n) is 5.83. The van der Waals surface area contributed by atoms with Gasteiger partial charge in [0.1, 0.15) is 5.75 Å².